The molecule has 1 rings (SSSR count). The SMILES string of the molecule is C=CC(C)N1CCCC(O)C1. The Bertz CT molecular complexity index is 136. The van der Waals surface area contributed by atoms with Crippen molar-refractivity contribution in [1.29, 1.82) is 0 Å². The first-order valence-electron chi connectivity index (χ1n) is 4.28. The molecule has 2 unspecified atom stereocenters. The van der Waals surface area contributed by atoms with Gasteiger partial charge in [0.05, 0.1) is 6.10 Å². The highest BCUT2D eigenvalue weighted by Gasteiger charge is 2.19. The fraction of sp³-hybridized carbons (Fsp3) is 0.778. The Labute approximate surface area is 68.5 Å². The molecule has 64 valence electrons. The lowest BCUT2D eigenvalue weighted by atomic mass is 10.1. The summed E-state index contributed by atoms with van der Waals surface area (Å²) in [5.41, 5.74) is 0. The van der Waals surface area contributed by atoms with Crippen LogP contribution in [-0.2, 0) is 0 Å². The van der Waals surface area contributed by atoms with Crippen LogP contribution in [0.25, 0.3) is 0 Å². The molecule has 1 saturated heterocycles. The van der Waals surface area contributed by atoms with Crippen molar-refractivity contribution in [2.75, 3.05) is 13.1 Å². The molecular weight excluding hydrogens is 138 g/mol. The second-order valence-corrected chi connectivity index (χ2v) is 3.27. The quantitative estimate of drug-likeness (QED) is 0.602. The first-order chi connectivity index (χ1) is 5.24. The predicted molar refractivity (Wildman–Crippen MR) is 46.5 cm³/mol. The maximum absolute atomic E-state index is 9.35. The minimum atomic E-state index is -0.119. The van der Waals surface area contributed by atoms with Crippen molar-refractivity contribution in [3.8, 4) is 0 Å². The van der Waals surface area contributed by atoms with Crippen LogP contribution in [-0.4, -0.2) is 35.2 Å². The van der Waals surface area contributed by atoms with Crippen LogP contribution < -0.4 is 0 Å². The maximum atomic E-state index is 9.35. The van der Waals surface area contributed by atoms with E-state index in [0.29, 0.717) is 6.04 Å². The van der Waals surface area contributed by atoms with E-state index in [-0.39, 0.29) is 6.10 Å². The average molecular weight is 155 g/mol. The zero-order valence-electron chi connectivity index (χ0n) is 7.16. The molecule has 0 radical (unpaired) electrons. The summed E-state index contributed by atoms with van der Waals surface area (Å²) in [6, 6.07) is 0.407. The van der Waals surface area contributed by atoms with Crippen LogP contribution >= 0.6 is 0 Å². The van der Waals surface area contributed by atoms with Gasteiger partial charge in [0.25, 0.3) is 0 Å². The highest BCUT2D eigenvalue weighted by Crippen LogP contribution is 2.12. The second kappa shape index (κ2) is 3.88. The van der Waals surface area contributed by atoms with Crippen molar-refractivity contribution in [3.05, 3.63) is 12.7 Å². The standard InChI is InChI=1S/C9H17NO/c1-3-8(2)10-6-4-5-9(11)7-10/h3,8-9,11H,1,4-7H2,2H3. The third-order valence-electron chi connectivity index (χ3n) is 2.35. The Morgan fingerprint density at radius 2 is 2.45 bits per heavy atom. The summed E-state index contributed by atoms with van der Waals surface area (Å²) >= 11 is 0. The zero-order chi connectivity index (χ0) is 8.27. The molecule has 0 bridgehead atoms. The summed E-state index contributed by atoms with van der Waals surface area (Å²) in [5, 5.41) is 9.35. The van der Waals surface area contributed by atoms with Crippen LogP contribution in [0.2, 0.25) is 0 Å². The Hall–Kier alpha value is -0.340. The van der Waals surface area contributed by atoms with Gasteiger partial charge < -0.3 is 5.11 Å². The lowest BCUT2D eigenvalue weighted by Crippen LogP contribution is -2.42. The third kappa shape index (κ3) is 2.31. The molecule has 1 N–H and O–H groups in total. The highest BCUT2D eigenvalue weighted by molar-refractivity contribution is 4.86. The minimum absolute atomic E-state index is 0.119. The van der Waals surface area contributed by atoms with E-state index >= 15 is 0 Å². The van der Waals surface area contributed by atoms with E-state index in [9.17, 15) is 5.11 Å². The largest absolute Gasteiger partial charge is 0.392 e. The third-order valence-corrected chi connectivity index (χ3v) is 2.35. The number of piperidine rings is 1. The molecule has 0 spiro atoms. The highest BCUT2D eigenvalue weighted by atomic mass is 16.3. The molecule has 0 amide bonds. The normalized spacial score (nSPS) is 29.8. The fourth-order valence-corrected chi connectivity index (χ4v) is 1.50. The van der Waals surface area contributed by atoms with Gasteiger partial charge >= 0.3 is 0 Å². The predicted octanol–water partition coefficient (Wildman–Crippen LogP) is 1.02. The van der Waals surface area contributed by atoms with E-state index in [1.165, 1.54) is 0 Å². The molecule has 0 aliphatic carbocycles. The van der Waals surface area contributed by atoms with Crippen LogP contribution in [0.3, 0.4) is 0 Å². The van der Waals surface area contributed by atoms with Gasteiger partial charge in [0, 0.05) is 12.6 Å². The Morgan fingerprint density at radius 3 is 3.00 bits per heavy atom. The van der Waals surface area contributed by atoms with Gasteiger partial charge in [-0.15, -0.1) is 6.58 Å². The molecule has 2 atom stereocenters. The molecule has 0 aromatic heterocycles. The number of aliphatic hydroxyl groups is 1. The van der Waals surface area contributed by atoms with Gasteiger partial charge in [-0.3, -0.25) is 4.90 Å². The van der Waals surface area contributed by atoms with Gasteiger partial charge in [0.1, 0.15) is 0 Å². The number of rotatable bonds is 2. The van der Waals surface area contributed by atoms with Gasteiger partial charge in [0.2, 0.25) is 0 Å². The molecule has 11 heavy (non-hydrogen) atoms. The van der Waals surface area contributed by atoms with Crippen LogP contribution in [0.15, 0.2) is 12.7 Å². The molecule has 0 aromatic rings. The second-order valence-electron chi connectivity index (χ2n) is 3.27. The smallest absolute Gasteiger partial charge is 0.0667 e. The minimum Gasteiger partial charge on any atom is -0.392 e. The summed E-state index contributed by atoms with van der Waals surface area (Å²) in [6.45, 7) is 7.77. The van der Waals surface area contributed by atoms with Gasteiger partial charge in [0.15, 0.2) is 0 Å². The van der Waals surface area contributed by atoms with Gasteiger partial charge in [-0.2, -0.15) is 0 Å². The number of nitrogens with zero attached hydrogens (tertiary/aromatic N) is 1. The monoisotopic (exact) mass is 155 g/mol. The molecule has 0 aromatic carbocycles. The Balaban J connectivity index is 2.38. The van der Waals surface area contributed by atoms with Crippen LogP contribution in [0, 0.1) is 0 Å². The van der Waals surface area contributed by atoms with E-state index in [1.807, 2.05) is 6.08 Å². The van der Waals surface area contributed by atoms with E-state index in [4.69, 9.17) is 0 Å². The van der Waals surface area contributed by atoms with Crippen LogP contribution in [0.1, 0.15) is 19.8 Å². The molecule has 2 nitrogen and oxygen atoms in total. The van der Waals surface area contributed by atoms with Crippen LogP contribution in [0.4, 0.5) is 0 Å². The fourth-order valence-electron chi connectivity index (χ4n) is 1.50. The lowest BCUT2D eigenvalue weighted by Gasteiger charge is -2.33. The molecular formula is C9H17NO. The molecule has 1 aliphatic heterocycles. The van der Waals surface area contributed by atoms with Crippen molar-refractivity contribution in [2.24, 2.45) is 0 Å². The van der Waals surface area contributed by atoms with Gasteiger partial charge in [-0.25, -0.2) is 0 Å². The van der Waals surface area contributed by atoms with Gasteiger partial charge in [-0.05, 0) is 26.3 Å². The summed E-state index contributed by atoms with van der Waals surface area (Å²) in [7, 11) is 0. The van der Waals surface area contributed by atoms with Crippen molar-refractivity contribution in [2.45, 2.75) is 31.9 Å². The first kappa shape index (κ1) is 8.75. The van der Waals surface area contributed by atoms with E-state index in [0.717, 1.165) is 25.9 Å². The summed E-state index contributed by atoms with van der Waals surface area (Å²) in [6.07, 6.45) is 3.88. The Morgan fingerprint density at radius 1 is 1.73 bits per heavy atom. The van der Waals surface area contributed by atoms with Crippen molar-refractivity contribution >= 4 is 0 Å². The van der Waals surface area contributed by atoms with Crippen molar-refractivity contribution in [1.82, 2.24) is 4.90 Å². The molecule has 0 saturated carbocycles. The molecule has 2 heteroatoms. The zero-order valence-corrected chi connectivity index (χ0v) is 7.16. The summed E-state index contributed by atoms with van der Waals surface area (Å²) in [4.78, 5) is 2.27. The molecule has 1 aliphatic rings. The van der Waals surface area contributed by atoms with Crippen molar-refractivity contribution in [3.63, 3.8) is 0 Å². The number of β-amino-alcohol motifs (C(OH)–C–C–N with tert-alkyl or cyclic N) is 1. The number of hydrogen-bond donors (Lipinski definition) is 1. The lowest BCUT2D eigenvalue weighted by molar-refractivity contribution is 0.0605. The number of likely N-dealkylation sites (tertiary alicyclic amines) is 1. The Kier molecular flexibility index (Phi) is 3.09. The maximum Gasteiger partial charge on any atom is 0.0667 e. The molecule has 1 fully saturated rings. The van der Waals surface area contributed by atoms with Crippen LogP contribution in [0.5, 0.6) is 0 Å². The molecule has 1 heterocycles. The topological polar surface area (TPSA) is 23.5 Å². The van der Waals surface area contributed by atoms with Crippen molar-refractivity contribution < 1.29 is 5.11 Å². The van der Waals surface area contributed by atoms with E-state index in [1.54, 1.807) is 0 Å². The van der Waals surface area contributed by atoms with Gasteiger partial charge in [-0.1, -0.05) is 6.08 Å². The number of aliphatic hydroxyl groups excluding tert-OH is 1. The summed E-state index contributed by atoms with van der Waals surface area (Å²) < 4.78 is 0. The summed E-state index contributed by atoms with van der Waals surface area (Å²) in [5.74, 6) is 0. The first-order valence-corrected chi connectivity index (χ1v) is 4.28. The van der Waals surface area contributed by atoms with E-state index < -0.39 is 0 Å². The average Bonchev–Trinajstić information content (AvgIpc) is 2.03. The van der Waals surface area contributed by atoms with E-state index in [2.05, 4.69) is 18.4 Å². The number of hydrogen-bond acceptors (Lipinski definition) is 2.